The molecule has 2 rings (SSSR count). The first-order valence-electron chi connectivity index (χ1n) is 6.55. The van der Waals surface area contributed by atoms with Gasteiger partial charge in [-0.1, -0.05) is 45.7 Å². The monoisotopic (exact) mass is 416 g/mol. The fourth-order valence-corrected chi connectivity index (χ4v) is 3.49. The zero-order valence-corrected chi connectivity index (χ0v) is 15.3. The lowest BCUT2D eigenvalue weighted by atomic mass is 10.3. The number of para-hydroxylation sites is 1. The Morgan fingerprint density at radius 1 is 1.22 bits per heavy atom. The maximum absolute atomic E-state index is 12.2. The summed E-state index contributed by atoms with van der Waals surface area (Å²) in [5.41, 5.74) is 0.832. The highest BCUT2D eigenvalue weighted by Gasteiger charge is 2.22. The second-order valence-electron chi connectivity index (χ2n) is 4.78. The van der Waals surface area contributed by atoms with Crippen LogP contribution in [0.3, 0.4) is 0 Å². The quantitative estimate of drug-likeness (QED) is 0.809. The number of hydrogen-bond acceptors (Lipinski definition) is 3. The summed E-state index contributed by atoms with van der Waals surface area (Å²) in [6.07, 6.45) is 1.03. The van der Waals surface area contributed by atoms with Crippen molar-refractivity contribution in [2.45, 2.75) is 0 Å². The van der Waals surface area contributed by atoms with E-state index in [0.29, 0.717) is 5.69 Å². The van der Waals surface area contributed by atoms with Crippen LogP contribution in [0.15, 0.2) is 53.0 Å². The van der Waals surface area contributed by atoms with Gasteiger partial charge in [-0.25, -0.2) is 8.42 Å². The summed E-state index contributed by atoms with van der Waals surface area (Å²) in [6.45, 7) is -0.366. The fourth-order valence-electron chi connectivity index (χ4n) is 1.93. The van der Waals surface area contributed by atoms with Crippen LogP contribution in [0.1, 0.15) is 0 Å². The number of rotatable bonds is 5. The maximum Gasteiger partial charge on any atom is 0.245 e. The Hall–Kier alpha value is -1.57. The Morgan fingerprint density at radius 3 is 2.52 bits per heavy atom. The second-order valence-corrected chi connectivity index (χ2v) is 8.01. The lowest BCUT2D eigenvalue weighted by Crippen LogP contribution is -2.37. The van der Waals surface area contributed by atoms with Crippen molar-refractivity contribution in [3.63, 3.8) is 0 Å². The number of amides is 1. The van der Waals surface area contributed by atoms with Gasteiger partial charge in [0.25, 0.3) is 0 Å². The number of carbonyl (C=O) groups excluding carboxylic acids is 1. The van der Waals surface area contributed by atoms with Gasteiger partial charge in [-0.3, -0.25) is 9.10 Å². The first-order valence-corrected chi connectivity index (χ1v) is 9.57. The third-order valence-corrected chi connectivity index (χ3v) is 4.86. The zero-order chi connectivity index (χ0) is 17.0. The topological polar surface area (TPSA) is 66.5 Å². The number of benzene rings is 2. The van der Waals surface area contributed by atoms with E-state index in [2.05, 4.69) is 21.2 Å². The van der Waals surface area contributed by atoms with Crippen molar-refractivity contribution < 1.29 is 13.2 Å². The van der Waals surface area contributed by atoms with Crippen LogP contribution < -0.4 is 9.62 Å². The zero-order valence-electron chi connectivity index (χ0n) is 12.2. The van der Waals surface area contributed by atoms with Crippen molar-refractivity contribution in [2.75, 3.05) is 22.4 Å². The van der Waals surface area contributed by atoms with E-state index in [-0.39, 0.29) is 17.3 Å². The number of nitrogens with zero attached hydrogens (tertiary/aromatic N) is 1. The fraction of sp³-hybridized carbons (Fsp3) is 0.133. The number of nitrogens with one attached hydrogen (secondary N) is 1. The Balaban J connectivity index is 2.22. The summed E-state index contributed by atoms with van der Waals surface area (Å²) in [4.78, 5) is 12.2. The van der Waals surface area contributed by atoms with Crippen molar-refractivity contribution in [1.82, 2.24) is 0 Å². The number of halogens is 2. The van der Waals surface area contributed by atoms with Crippen LogP contribution in [0.5, 0.6) is 0 Å². The lowest BCUT2D eigenvalue weighted by molar-refractivity contribution is -0.114. The number of hydrogen-bond donors (Lipinski definition) is 1. The molecule has 23 heavy (non-hydrogen) atoms. The molecule has 0 saturated carbocycles. The largest absolute Gasteiger partial charge is 0.324 e. The third-order valence-electron chi connectivity index (χ3n) is 2.92. The molecule has 0 aromatic heterocycles. The number of carbonyl (C=O) groups is 1. The van der Waals surface area contributed by atoms with E-state index in [1.54, 1.807) is 42.5 Å². The van der Waals surface area contributed by atoms with E-state index < -0.39 is 15.9 Å². The van der Waals surface area contributed by atoms with Gasteiger partial charge in [0.05, 0.1) is 17.0 Å². The summed E-state index contributed by atoms with van der Waals surface area (Å²) in [7, 11) is -3.66. The minimum absolute atomic E-state index is 0.258. The molecule has 0 bridgehead atoms. The van der Waals surface area contributed by atoms with Gasteiger partial charge >= 0.3 is 0 Å². The molecule has 0 saturated heterocycles. The molecule has 2 aromatic rings. The summed E-state index contributed by atoms with van der Waals surface area (Å²) >= 11 is 9.35. The maximum atomic E-state index is 12.2. The van der Waals surface area contributed by atoms with Crippen molar-refractivity contribution in [3.8, 4) is 0 Å². The molecule has 2 aromatic carbocycles. The van der Waals surface area contributed by atoms with Crippen LogP contribution >= 0.6 is 27.5 Å². The third kappa shape index (κ3) is 4.95. The molecular formula is C15H14BrClN2O3S. The van der Waals surface area contributed by atoms with Gasteiger partial charge in [0.2, 0.25) is 15.9 Å². The summed E-state index contributed by atoms with van der Waals surface area (Å²) in [5.74, 6) is -0.464. The predicted octanol–water partition coefficient (Wildman–Crippen LogP) is 3.51. The molecule has 0 unspecified atom stereocenters. The Labute approximate surface area is 148 Å². The molecule has 8 heteroatoms. The summed E-state index contributed by atoms with van der Waals surface area (Å²) < 4.78 is 25.8. The summed E-state index contributed by atoms with van der Waals surface area (Å²) in [5, 5.41) is 2.91. The molecule has 0 aliphatic carbocycles. The van der Waals surface area contributed by atoms with Crippen LogP contribution in [0.4, 0.5) is 11.4 Å². The smallest absolute Gasteiger partial charge is 0.245 e. The number of anilines is 2. The highest BCUT2D eigenvalue weighted by atomic mass is 79.9. The van der Waals surface area contributed by atoms with Crippen LogP contribution in [-0.4, -0.2) is 27.1 Å². The van der Waals surface area contributed by atoms with Gasteiger partial charge in [0.15, 0.2) is 0 Å². The molecule has 1 N–H and O–H groups in total. The Bertz CT molecular complexity index is 827. The Morgan fingerprint density at radius 2 is 1.91 bits per heavy atom. The van der Waals surface area contributed by atoms with E-state index in [1.165, 1.54) is 0 Å². The Kier molecular flexibility index (Phi) is 5.67. The van der Waals surface area contributed by atoms with Crippen molar-refractivity contribution in [3.05, 3.63) is 58.0 Å². The van der Waals surface area contributed by atoms with E-state index in [9.17, 15) is 13.2 Å². The average molecular weight is 418 g/mol. The minimum Gasteiger partial charge on any atom is -0.324 e. The highest BCUT2D eigenvalue weighted by Crippen LogP contribution is 2.27. The lowest BCUT2D eigenvalue weighted by Gasteiger charge is -2.22. The molecule has 0 radical (unpaired) electrons. The molecule has 0 spiro atoms. The van der Waals surface area contributed by atoms with E-state index in [4.69, 9.17) is 11.6 Å². The van der Waals surface area contributed by atoms with Crippen LogP contribution in [-0.2, 0) is 14.8 Å². The van der Waals surface area contributed by atoms with Gasteiger partial charge in [0, 0.05) is 10.2 Å². The van der Waals surface area contributed by atoms with Crippen LogP contribution in [0.25, 0.3) is 0 Å². The standard InChI is InChI=1S/C15H14BrClN2O3S/c1-23(21,22)19(14-8-3-2-7-13(14)17)10-15(20)18-12-6-4-5-11(16)9-12/h2-9H,10H2,1H3,(H,18,20). The van der Waals surface area contributed by atoms with Crippen molar-refractivity contribution in [1.29, 1.82) is 0 Å². The molecule has 0 atom stereocenters. The van der Waals surface area contributed by atoms with Gasteiger partial charge in [-0.2, -0.15) is 0 Å². The molecule has 0 aliphatic rings. The van der Waals surface area contributed by atoms with Gasteiger partial charge < -0.3 is 5.32 Å². The molecule has 0 aliphatic heterocycles. The van der Waals surface area contributed by atoms with Gasteiger partial charge in [0.1, 0.15) is 6.54 Å². The molecule has 0 fully saturated rings. The van der Waals surface area contributed by atoms with E-state index >= 15 is 0 Å². The van der Waals surface area contributed by atoms with Gasteiger partial charge in [-0.15, -0.1) is 0 Å². The molecule has 0 heterocycles. The van der Waals surface area contributed by atoms with E-state index in [1.807, 2.05) is 6.07 Å². The van der Waals surface area contributed by atoms with E-state index in [0.717, 1.165) is 15.0 Å². The first kappa shape index (κ1) is 17.8. The predicted molar refractivity (Wildman–Crippen MR) is 96.4 cm³/mol. The average Bonchev–Trinajstić information content (AvgIpc) is 2.44. The first-order chi connectivity index (χ1) is 10.8. The second kappa shape index (κ2) is 7.33. The molecule has 1 amide bonds. The minimum atomic E-state index is -3.66. The molecule has 122 valence electrons. The van der Waals surface area contributed by atoms with Crippen molar-refractivity contribution >= 4 is 54.8 Å². The highest BCUT2D eigenvalue weighted by molar-refractivity contribution is 9.10. The molecule has 5 nitrogen and oxygen atoms in total. The normalized spacial score (nSPS) is 11.1. The summed E-state index contributed by atoms with van der Waals surface area (Å²) in [6, 6.07) is 13.5. The molecular weight excluding hydrogens is 404 g/mol. The number of sulfonamides is 1. The van der Waals surface area contributed by atoms with Crippen LogP contribution in [0.2, 0.25) is 5.02 Å². The van der Waals surface area contributed by atoms with Crippen LogP contribution in [0, 0.1) is 0 Å². The SMILES string of the molecule is CS(=O)(=O)N(CC(=O)Nc1cccc(Br)c1)c1ccccc1Cl. The van der Waals surface area contributed by atoms with Crippen molar-refractivity contribution in [2.24, 2.45) is 0 Å². The van der Waals surface area contributed by atoms with Gasteiger partial charge in [-0.05, 0) is 30.3 Å².